The van der Waals surface area contributed by atoms with Crippen LogP contribution in [0.2, 0.25) is 0 Å². The van der Waals surface area contributed by atoms with Gasteiger partial charge in [-0.2, -0.15) is 0 Å². The highest BCUT2D eigenvalue weighted by Crippen LogP contribution is 2.31. The van der Waals surface area contributed by atoms with Crippen molar-refractivity contribution in [3.63, 3.8) is 0 Å². The largest absolute Gasteiger partial charge is 0.493 e. The van der Waals surface area contributed by atoms with Crippen molar-refractivity contribution in [3.8, 4) is 11.5 Å². The molecule has 1 aromatic carbocycles. The van der Waals surface area contributed by atoms with E-state index in [2.05, 4.69) is 0 Å². The van der Waals surface area contributed by atoms with Gasteiger partial charge in [0, 0.05) is 0 Å². The maximum Gasteiger partial charge on any atom is 0.344 e. The monoisotopic (exact) mass is 268 g/mol. The molecule has 0 aliphatic heterocycles. The lowest BCUT2D eigenvalue weighted by Gasteiger charge is -2.17. The number of aliphatic hydroxyl groups excluding tert-OH is 1. The summed E-state index contributed by atoms with van der Waals surface area (Å²) in [7, 11) is 1.48. The number of hydrogen-bond donors (Lipinski definition) is 2. The molecule has 2 atom stereocenters. The molecule has 1 aromatic rings. The van der Waals surface area contributed by atoms with Gasteiger partial charge in [0.1, 0.15) is 0 Å². The van der Waals surface area contributed by atoms with Crippen LogP contribution in [0.5, 0.6) is 11.5 Å². The van der Waals surface area contributed by atoms with E-state index in [1.54, 1.807) is 25.1 Å². The van der Waals surface area contributed by atoms with E-state index in [-0.39, 0.29) is 0 Å². The SMILES string of the molecule is CCCC(Oc1ccc([C@@H](C)O)cc1OC)C(=O)O. The molecule has 1 rings (SSSR count). The minimum atomic E-state index is -0.997. The molecular weight excluding hydrogens is 248 g/mol. The van der Waals surface area contributed by atoms with Crippen molar-refractivity contribution in [1.29, 1.82) is 0 Å². The Morgan fingerprint density at radius 1 is 1.37 bits per heavy atom. The number of benzene rings is 1. The van der Waals surface area contributed by atoms with E-state index in [1.807, 2.05) is 6.92 Å². The molecule has 0 saturated carbocycles. The van der Waals surface area contributed by atoms with Crippen LogP contribution in [0.15, 0.2) is 18.2 Å². The summed E-state index contributed by atoms with van der Waals surface area (Å²) < 4.78 is 10.6. The van der Waals surface area contributed by atoms with E-state index >= 15 is 0 Å². The van der Waals surface area contributed by atoms with Gasteiger partial charge in [0.15, 0.2) is 17.6 Å². The molecule has 0 aliphatic carbocycles. The first-order chi connectivity index (χ1) is 8.99. The third kappa shape index (κ3) is 4.13. The molecule has 0 saturated heterocycles. The van der Waals surface area contributed by atoms with E-state index in [4.69, 9.17) is 14.6 Å². The van der Waals surface area contributed by atoms with Crippen LogP contribution in [0.25, 0.3) is 0 Å². The molecule has 1 unspecified atom stereocenters. The molecule has 0 aliphatic rings. The Morgan fingerprint density at radius 3 is 2.53 bits per heavy atom. The van der Waals surface area contributed by atoms with Crippen LogP contribution < -0.4 is 9.47 Å². The van der Waals surface area contributed by atoms with Gasteiger partial charge in [-0.05, 0) is 31.0 Å². The first-order valence-electron chi connectivity index (χ1n) is 6.25. The lowest BCUT2D eigenvalue weighted by atomic mass is 10.1. The maximum absolute atomic E-state index is 11.1. The normalized spacial score (nSPS) is 13.7. The summed E-state index contributed by atoms with van der Waals surface area (Å²) in [6.45, 7) is 3.54. The molecular formula is C14H20O5. The van der Waals surface area contributed by atoms with Crippen LogP contribution in [0.3, 0.4) is 0 Å². The lowest BCUT2D eigenvalue weighted by Crippen LogP contribution is -2.26. The highest BCUT2D eigenvalue weighted by molar-refractivity contribution is 5.72. The Morgan fingerprint density at radius 2 is 2.05 bits per heavy atom. The summed E-state index contributed by atoms with van der Waals surface area (Å²) in [6, 6.07) is 4.95. The molecule has 5 heteroatoms. The van der Waals surface area contributed by atoms with Crippen LogP contribution in [-0.2, 0) is 4.79 Å². The van der Waals surface area contributed by atoms with Crippen LogP contribution in [-0.4, -0.2) is 29.4 Å². The van der Waals surface area contributed by atoms with Crippen LogP contribution in [0.4, 0.5) is 0 Å². The van der Waals surface area contributed by atoms with Gasteiger partial charge in [-0.3, -0.25) is 0 Å². The van der Waals surface area contributed by atoms with Crippen LogP contribution in [0, 0.1) is 0 Å². The Balaban J connectivity index is 2.96. The second-order valence-corrected chi connectivity index (χ2v) is 4.32. The third-order valence-corrected chi connectivity index (χ3v) is 2.77. The fraction of sp³-hybridized carbons (Fsp3) is 0.500. The highest BCUT2D eigenvalue weighted by atomic mass is 16.5. The highest BCUT2D eigenvalue weighted by Gasteiger charge is 2.20. The van der Waals surface area contributed by atoms with Crippen LogP contribution >= 0.6 is 0 Å². The molecule has 0 fully saturated rings. The fourth-order valence-corrected chi connectivity index (χ4v) is 1.69. The third-order valence-electron chi connectivity index (χ3n) is 2.77. The van der Waals surface area contributed by atoms with Gasteiger partial charge in [-0.25, -0.2) is 4.79 Å². The molecule has 106 valence electrons. The number of hydrogen-bond acceptors (Lipinski definition) is 4. The molecule has 0 bridgehead atoms. The summed E-state index contributed by atoms with van der Waals surface area (Å²) in [5.41, 5.74) is 0.687. The molecule has 0 aromatic heterocycles. The minimum Gasteiger partial charge on any atom is -0.493 e. The Kier molecular flexibility index (Phi) is 5.63. The number of carbonyl (C=O) groups is 1. The summed E-state index contributed by atoms with van der Waals surface area (Å²) >= 11 is 0. The minimum absolute atomic E-state index is 0.368. The van der Waals surface area contributed by atoms with Gasteiger partial charge in [0.2, 0.25) is 0 Å². The number of carboxylic acids is 1. The maximum atomic E-state index is 11.1. The van der Waals surface area contributed by atoms with E-state index in [1.165, 1.54) is 7.11 Å². The summed E-state index contributed by atoms with van der Waals surface area (Å²) in [5.74, 6) is -0.211. The van der Waals surface area contributed by atoms with Crippen LogP contribution in [0.1, 0.15) is 38.4 Å². The van der Waals surface area contributed by atoms with Crippen molar-refractivity contribution in [1.82, 2.24) is 0 Å². The second-order valence-electron chi connectivity index (χ2n) is 4.32. The van der Waals surface area contributed by atoms with Crippen molar-refractivity contribution in [2.45, 2.75) is 38.9 Å². The zero-order chi connectivity index (χ0) is 14.4. The average Bonchev–Trinajstić information content (AvgIpc) is 2.38. The Hall–Kier alpha value is -1.75. The predicted octanol–water partition coefficient (Wildman–Crippen LogP) is 2.38. The molecule has 0 spiro atoms. The topological polar surface area (TPSA) is 76.0 Å². The lowest BCUT2D eigenvalue weighted by molar-refractivity contribution is -0.145. The Bertz CT molecular complexity index is 428. The van der Waals surface area contributed by atoms with E-state index in [9.17, 15) is 9.90 Å². The average molecular weight is 268 g/mol. The van der Waals surface area contributed by atoms with Crippen molar-refractivity contribution in [2.24, 2.45) is 0 Å². The molecule has 0 heterocycles. The molecule has 0 radical (unpaired) electrons. The van der Waals surface area contributed by atoms with E-state index in [0.29, 0.717) is 29.9 Å². The second kappa shape index (κ2) is 6.99. The number of rotatable bonds is 7. The smallest absolute Gasteiger partial charge is 0.344 e. The van der Waals surface area contributed by atoms with Gasteiger partial charge in [0.05, 0.1) is 13.2 Å². The van der Waals surface area contributed by atoms with Gasteiger partial charge in [0.25, 0.3) is 0 Å². The zero-order valence-electron chi connectivity index (χ0n) is 11.4. The summed E-state index contributed by atoms with van der Waals surface area (Å²) in [5, 5.41) is 18.6. The first kappa shape index (κ1) is 15.3. The molecule has 19 heavy (non-hydrogen) atoms. The van der Waals surface area contributed by atoms with Crippen molar-refractivity contribution in [3.05, 3.63) is 23.8 Å². The summed E-state index contributed by atoms with van der Waals surface area (Å²) in [6.07, 6.45) is -0.369. The standard InChI is InChI=1S/C14H20O5/c1-4-5-12(14(16)17)19-11-7-6-10(9(2)15)8-13(11)18-3/h6-9,12,15H,4-5H2,1-3H3,(H,16,17)/t9-,12?/m1/s1. The number of carboxylic acid groups (broad SMARTS) is 1. The number of ether oxygens (including phenoxy) is 2. The predicted molar refractivity (Wildman–Crippen MR) is 70.6 cm³/mol. The molecule has 0 amide bonds. The van der Waals surface area contributed by atoms with Crippen molar-refractivity contribution < 1.29 is 24.5 Å². The van der Waals surface area contributed by atoms with E-state index < -0.39 is 18.2 Å². The van der Waals surface area contributed by atoms with Gasteiger partial charge >= 0.3 is 5.97 Å². The van der Waals surface area contributed by atoms with Gasteiger partial charge < -0.3 is 19.7 Å². The summed E-state index contributed by atoms with van der Waals surface area (Å²) in [4.78, 5) is 11.1. The molecule has 2 N–H and O–H groups in total. The van der Waals surface area contributed by atoms with Crippen molar-refractivity contribution in [2.75, 3.05) is 7.11 Å². The van der Waals surface area contributed by atoms with E-state index in [0.717, 1.165) is 0 Å². The molecule has 5 nitrogen and oxygen atoms in total. The van der Waals surface area contributed by atoms with Crippen molar-refractivity contribution >= 4 is 5.97 Å². The van der Waals surface area contributed by atoms with Gasteiger partial charge in [-0.1, -0.05) is 19.4 Å². The fourth-order valence-electron chi connectivity index (χ4n) is 1.69. The van der Waals surface area contributed by atoms with Gasteiger partial charge in [-0.15, -0.1) is 0 Å². The number of aliphatic carboxylic acids is 1. The number of aliphatic hydroxyl groups is 1. The quantitative estimate of drug-likeness (QED) is 0.794. The zero-order valence-corrected chi connectivity index (χ0v) is 11.4. The number of methoxy groups -OCH3 is 1. The first-order valence-corrected chi connectivity index (χ1v) is 6.25. The Labute approximate surface area is 112 Å².